The van der Waals surface area contributed by atoms with Gasteiger partial charge in [0, 0.05) is 37.4 Å². The van der Waals surface area contributed by atoms with Crippen LogP contribution in [0.2, 0.25) is 0 Å². The zero-order chi connectivity index (χ0) is 24.0. The van der Waals surface area contributed by atoms with Gasteiger partial charge in [0.15, 0.2) is 12.4 Å². The highest BCUT2D eigenvalue weighted by molar-refractivity contribution is 6.30. The molecule has 0 saturated carbocycles. The van der Waals surface area contributed by atoms with Crippen LogP contribution in [0.5, 0.6) is 0 Å². The molecule has 1 aromatic rings. The molecular formula is C23H35N5O4. The summed E-state index contributed by atoms with van der Waals surface area (Å²) >= 11 is 0. The van der Waals surface area contributed by atoms with Crippen molar-refractivity contribution < 1.29 is 19.1 Å². The number of ether oxygens (including phenoxy) is 2. The Balaban J connectivity index is 2.48. The van der Waals surface area contributed by atoms with Crippen LogP contribution in [0, 0.1) is 5.41 Å². The fourth-order valence-electron chi connectivity index (χ4n) is 2.53. The smallest absolute Gasteiger partial charge is 0.306 e. The van der Waals surface area contributed by atoms with Gasteiger partial charge in [0.25, 0.3) is 5.91 Å². The standard InChI is InChI=1S/C23H35N5O4/c1-17(2)26-21(29)16-31-14-8-10-19-25-13-12-20(28-19)27-18(15-24)9-6-7-11-22(30)32-23(3,4)5/h8,12-15,17,24H,6-7,9-11,16H2,1-5H3,(H,26,29)/b14-8+,24-15?,27-18?. The molecule has 0 aliphatic carbocycles. The van der Waals surface area contributed by atoms with Crippen LogP contribution in [-0.4, -0.2) is 52.0 Å². The first-order chi connectivity index (χ1) is 15.1. The van der Waals surface area contributed by atoms with E-state index < -0.39 is 5.60 Å². The highest BCUT2D eigenvalue weighted by atomic mass is 16.6. The fourth-order valence-corrected chi connectivity index (χ4v) is 2.53. The predicted octanol–water partition coefficient (Wildman–Crippen LogP) is 3.70. The molecule has 1 heterocycles. The SMILES string of the molecule is CC(C)NC(=O)CO/C=C/Cc1nccc(N=C(C=N)CCCCC(=O)OC(C)(C)C)n1. The van der Waals surface area contributed by atoms with E-state index in [1.807, 2.05) is 34.6 Å². The van der Waals surface area contributed by atoms with E-state index in [1.165, 1.54) is 12.5 Å². The summed E-state index contributed by atoms with van der Waals surface area (Å²) in [6.45, 7) is 9.25. The van der Waals surface area contributed by atoms with Gasteiger partial charge in [-0.05, 0) is 60.0 Å². The zero-order valence-corrected chi connectivity index (χ0v) is 19.7. The van der Waals surface area contributed by atoms with Crippen molar-refractivity contribution in [2.75, 3.05) is 6.61 Å². The van der Waals surface area contributed by atoms with Gasteiger partial charge < -0.3 is 20.2 Å². The van der Waals surface area contributed by atoms with Crippen LogP contribution in [0.3, 0.4) is 0 Å². The molecule has 1 rings (SSSR count). The van der Waals surface area contributed by atoms with E-state index in [-0.39, 0.29) is 24.5 Å². The van der Waals surface area contributed by atoms with Gasteiger partial charge in [0.1, 0.15) is 11.4 Å². The lowest BCUT2D eigenvalue weighted by Gasteiger charge is -2.19. The summed E-state index contributed by atoms with van der Waals surface area (Å²) in [5, 5.41) is 10.3. The lowest BCUT2D eigenvalue weighted by Crippen LogP contribution is -2.32. The number of unbranched alkanes of at least 4 members (excludes halogenated alkanes) is 1. The maximum Gasteiger partial charge on any atom is 0.306 e. The Morgan fingerprint density at radius 3 is 2.62 bits per heavy atom. The lowest BCUT2D eigenvalue weighted by atomic mass is 10.1. The molecule has 0 fully saturated rings. The maximum absolute atomic E-state index is 11.8. The molecule has 1 aromatic heterocycles. The largest absolute Gasteiger partial charge is 0.492 e. The Bertz CT molecular complexity index is 813. The number of aromatic nitrogens is 2. The Morgan fingerprint density at radius 2 is 1.97 bits per heavy atom. The van der Waals surface area contributed by atoms with Crippen LogP contribution in [0.1, 0.15) is 66.1 Å². The molecule has 0 radical (unpaired) electrons. The summed E-state index contributed by atoms with van der Waals surface area (Å²) in [5.41, 5.74) is 0.0986. The normalized spacial score (nSPS) is 12.1. The van der Waals surface area contributed by atoms with E-state index in [0.29, 0.717) is 43.0 Å². The number of rotatable bonds is 13. The molecule has 0 spiro atoms. The maximum atomic E-state index is 11.8. The first-order valence-corrected chi connectivity index (χ1v) is 10.8. The van der Waals surface area contributed by atoms with Crippen molar-refractivity contribution in [1.82, 2.24) is 15.3 Å². The first kappa shape index (κ1) is 26.9. The quantitative estimate of drug-likeness (QED) is 0.206. The summed E-state index contributed by atoms with van der Waals surface area (Å²) < 4.78 is 10.5. The topological polar surface area (TPSA) is 127 Å². The highest BCUT2D eigenvalue weighted by Crippen LogP contribution is 2.12. The van der Waals surface area contributed by atoms with Crippen molar-refractivity contribution in [1.29, 1.82) is 5.41 Å². The van der Waals surface area contributed by atoms with Crippen LogP contribution in [-0.2, 0) is 25.5 Å². The number of carbonyl (C=O) groups excluding carboxylic acids is 2. The van der Waals surface area contributed by atoms with Gasteiger partial charge in [-0.1, -0.05) is 0 Å². The minimum Gasteiger partial charge on any atom is -0.492 e. The zero-order valence-electron chi connectivity index (χ0n) is 19.7. The molecule has 0 aliphatic rings. The summed E-state index contributed by atoms with van der Waals surface area (Å²) in [5.74, 6) is 0.615. The Labute approximate surface area is 190 Å². The van der Waals surface area contributed by atoms with Crippen LogP contribution in [0.4, 0.5) is 5.82 Å². The van der Waals surface area contributed by atoms with Gasteiger partial charge in [-0.3, -0.25) is 9.59 Å². The first-order valence-electron chi connectivity index (χ1n) is 10.8. The average Bonchev–Trinajstić information content (AvgIpc) is 2.68. The number of hydrogen-bond donors (Lipinski definition) is 2. The second kappa shape index (κ2) is 14.1. The van der Waals surface area contributed by atoms with E-state index >= 15 is 0 Å². The molecule has 9 nitrogen and oxygen atoms in total. The van der Waals surface area contributed by atoms with Crippen molar-refractivity contribution in [2.45, 2.75) is 78.4 Å². The van der Waals surface area contributed by atoms with Crippen molar-refractivity contribution in [3.8, 4) is 0 Å². The molecular weight excluding hydrogens is 410 g/mol. The molecule has 0 atom stereocenters. The monoisotopic (exact) mass is 445 g/mol. The molecule has 0 aliphatic heterocycles. The van der Waals surface area contributed by atoms with Gasteiger partial charge in [0.2, 0.25) is 0 Å². The number of aliphatic imine (C=N–C) groups is 1. The van der Waals surface area contributed by atoms with Gasteiger partial charge in [0.05, 0.1) is 12.0 Å². The van der Waals surface area contributed by atoms with Gasteiger partial charge >= 0.3 is 5.97 Å². The molecule has 0 unspecified atom stereocenters. The number of carbonyl (C=O) groups is 2. The highest BCUT2D eigenvalue weighted by Gasteiger charge is 2.15. The predicted molar refractivity (Wildman–Crippen MR) is 124 cm³/mol. The molecule has 0 aromatic carbocycles. The fraction of sp³-hybridized carbons (Fsp3) is 0.565. The molecule has 2 N–H and O–H groups in total. The number of amides is 1. The number of nitrogens with zero attached hydrogens (tertiary/aromatic N) is 3. The third-order valence-corrected chi connectivity index (χ3v) is 3.76. The summed E-state index contributed by atoms with van der Waals surface area (Å²) in [6, 6.07) is 1.74. The third-order valence-electron chi connectivity index (χ3n) is 3.76. The molecule has 176 valence electrons. The van der Waals surface area contributed by atoms with Gasteiger partial charge in [-0.2, -0.15) is 0 Å². The van der Waals surface area contributed by atoms with Crippen molar-refractivity contribution in [3.05, 3.63) is 30.4 Å². The summed E-state index contributed by atoms with van der Waals surface area (Å²) in [7, 11) is 0. The summed E-state index contributed by atoms with van der Waals surface area (Å²) in [6.07, 6.45) is 8.69. The molecule has 1 amide bonds. The number of hydrogen-bond acceptors (Lipinski definition) is 8. The third kappa shape index (κ3) is 13.3. The van der Waals surface area contributed by atoms with Gasteiger partial charge in [-0.25, -0.2) is 15.0 Å². The van der Waals surface area contributed by atoms with Crippen molar-refractivity contribution in [3.63, 3.8) is 0 Å². The van der Waals surface area contributed by atoms with Gasteiger partial charge in [-0.15, -0.1) is 0 Å². The second-order valence-corrected chi connectivity index (χ2v) is 8.48. The van der Waals surface area contributed by atoms with Crippen LogP contribution < -0.4 is 5.32 Å². The molecule has 0 saturated heterocycles. The minimum atomic E-state index is -0.479. The second-order valence-electron chi connectivity index (χ2n) is 8.48. The molecule has 32 heavy (non-hydrogen) atoms. The Morgan fingerprint density at radius 1 is 1.25 bits per heavy atom. The van der Waals surface area contributed by atoms with E-state index in [1.54, 1.807) is 18.3 Å². The van der Waals surface area contributed by atoms with E-state index in [4.69, 9.17) is 14.9 Å². The average molecular weight is 446 g/mol. The minimum absolute atomic E-state index is 0.0451. The van der Waals surface area contributed by atoms with Crippen LogP contribution in [0.15, 0.2) is 29.6 Å². The van der Waals surface area contributed by atoms with Crippen molar-refractivity contribution >= 4 is 29.6 Å². The van der Waals surface area contributed by atoms with E-state index in [0.717, 1.165) is 6.42 Å². The van der Waals surface area contributed by atoms with Crippen molar-refractivity contribution in [2.24, 2.45) is 4.99 Å². The molecule has 9 heteroatoms. The van der Waals surface area contributed by atoms with Crippen LogP contribution >= 0.6 is 0 Å². The van der Waals surface area contributed by atoms with Crippen LogP contribution in [0.25, 0.3) is 0 Å². The summed E-state index contributed by atoms with van der Waals surface area (Å²) in [4.78, 5) is 36.2. The number of nitrogens with one attached hydrogen (secondary N) is 2. The molecule has 0 bridgehead atoms. The number of esters is 1. The Hall–Kier alpha value is -3.10. The lowest BCUT2D eigenvalue weighted by molar-refractivity contribution is -0.154. The number of allylic oxidation sites excluding steroid dienone is 1. The van der Waals surface area contributed by atoms with E-state index in [2.05, 4.69) is 20.3 Å². The van der Waals surface area contributed by atoms with E-state index in [9.17, 15) is 9.59 Å². The Kier molecular flexibility index (Phi) is 11.8.